The lowest BCUT2D eigenvalue weighted by Crippen LogP contribution is -2.16. The van der Waals surface area contributed by atoms with Crippen LogP contribution in [0, 0.1) is 5.92 Å². The summed E-state index contributed by atoms with van der Waals surface area (Å²) >= 11 is 0. The number of rotatable bonds is 4. The van der Waals surface area contributed by atoms with Crippen molar-refractivity contribution in [2.24, 2.45) is 5.92 Å². The van der Waals surface area contributed by atoms with Crippen molar-refractivity contribution in [2.75, 3.05) is 0 Å². The van der Waals surface area contributed by atoms with Crippen molar-refractivity contribution >= 4 is 0 Å². The predicted molar refractivity (Wildman–Crippen MR) is 79.2 cm³/mol. The summed E-state index contributed by atoms with van der Waals surface area (Å²) in [5.41, 5.74) is 3.14. The van der Waals surface area contributed by atoms with Gasteiger partial charge < -0.3 is 4.57 Å². The molecule has 1 fully saturated rings. The van der Waals surface area contributed by atoms with Crippen LogP contribution in [0.15, 0.2) is 12.3 Å². The molecule has 0 amide bonds. The van der Waals surface area contributed by atoms with E-state index in [0.717, 1.165) is 5.92 Å². The molecular weight excluding hydrogens is 218 g/mol. The molecule has 1 aromatic rings. The molecule has 0 aliphatic heterocycles. The SMILES string of the molecule is CC(C)c1ccn(CC2CCCCC2)c1C(C)C. The summed E-state index contributed by atoms with van der Waals surface area (Å²) in [7, 11) is 0. The summed E-state index contributed by atoms with van der Waals surface area (Å²) in [6.45, 7) is 10.5. The highest BCUT2D eigenvalue weighted by molar-refractivity contribution is 5.28. The Labute approximate surface area is 113 Å². The van der Waals surface area contributed by atoms with Crippen LogP contribution in [0.1, 0.15) is 82.9 Å². The lowest BCUT2D eigenvalue weighted by atomic mass is 9.89. The molecule has 1 heterocycles. The van der Waals surface area contributed by atoms with Crippen molar-refractivity contribution in [2.45, 2.75) is 78.2 Å². The van der Waals surface area contributed by atoms with Gasteiger partial charge in [-0.2, -0.15) is 0 Å². The maximum absolute atomic E-state index is 2.55. The average Bonchev–Trinajstić information content (AvgIpc) is 2.74. The number of hydrogen-bond acceptors (Lipinski definition) is 0. The molecule has 1 nitrogen and oxygen atoms in total. The van der Waals surface area contributed by atoms with E-state index in [1.807, 2.05) is 0 Å². The fourth-order valence-electron chi connectivity index (χ4n) is 3.46. The third-order valence-corrected chi connectivity index (χ3v) is 4.39. The summed E-state index contributed by atoms with van der Waals surface area (Å²) in [5.74, 6) is 2.21. The summed E-state index contributed by atoms with van der Waals surface area (Å²) in [5, 5.41) is 0. The van der Waals surface area contributed by atoms with Crippen molar-refractivity contribution in [3.8, 4) is 0 Å². The maximum atomic E-state index is 2.55. The molecule has 2 rings (SSSR count). The summed E-state index contributed by atoms with van der Waals surface area (Å²) in [6.07, 6.45) is 9.55. The Kier molecular flexibility index (Phi) is 4.53. The van der Waals surface area contributed by atoms with E-state index in [0.29, 0.717) is 11.8 Å². The van der Waals surface area contributed by atoms with Gasteiger partial charge in [-0.15, -0.1) is 0 Å². The monoisotopic (exact) mass is 247 g/mol. The molecule has 0 unspecified atom stereocenters. The molecular formula is C17H29N. The number of aromatic nitrogens is 1. The zero-order valence-electron chi connectivity index (χ0n) is 12.6. The van der Waals surface area contributed by atoms with Crippen LogP contribution in [-0.4, -0.2) is 4.57 Å². The van der Waals surface area contributed by atoms with Gasteiger partial charge in [0.1, 0.15) is 0 Å². The van der Waals surface area contributed by atoms with Gasteiger partial charge in [-0.1, -0.05) is 47.0 Å². The normalized spacial score (nSPS) is 17.9. The molecule has 1 heteroatoms. The minimum atomic E-state index is 0.640. The number of nitrogens with zero attached hydrogens (tertiary/aromatic N) is 1. The molecule has 18 heavy (non-hydrogen) atoms. The van der Waals surface area contributed by atoms with Crippen LogP contribution in [0.2, 0.25) is 0 Å². The van der Waals surface area contributed by atoms with Gasteiger partial charge in [0.25, 0.3) is 0 Å². The van der Waals surface area contributed by atoms with E-state index < -0.39 is 0 Å². The summed E-state index contributed by atoms with van der Waals surface area (Å²) in [4.78, 5) is 0. The van der Waals surface area contributed by atoms with Crippen molar-refractivity contribution in [1.29, 1.82) is 0 Å². The standard InChI is InChI=1S/C17H29N/c1-13(2)16-10-11-18(17(16)14(3)4)12-15-8-6-5-7-9-15/h10-11,13-15H,5-9,12H2,1-4H3. The molecule has 102 valence electrons. The van der Waals surface area contributed by atoms with Crippen LogP contribution in [-0.2, 0) is 6.54 Å². The lowest BCUT2D eigenvalue weighted by Gasteiger charge is -2.24. The van der Waals surface area contributed by atoms with Gasteiger partial charge in [0, 0.05) is 18.4 Å². The number of hydrogen-bond donors (Lipinski definition) is 0. The van der Waals surface area contributed by atoms with E-state index in [-0.39, 0.29) is 0 Å². The summed E-state index contributed by atoms with van der Waals surface area (Å²) < 4.78 is 2.55. The molecule has 0 aromatic carbocycles. The van der Waals surface area contributed by atoms with Crippen molar-refractivity contribution in [3.05, 3.63) is 23.5 Å². The van der Waals surface area contributed by atoms with Crippen LogP contribution < -0.4 is 0 Å². The van der Waals surface area contributed by atoms with Gasteiger partial charge in [0.05, 0.1) is 0 Å². The lowest BCUT2D eigenvalue weighted by molar-refractivity contribution is 0.315. The highest BCUT2D eigenvalue weighted by atomic mass is 15.0. The topological polar surface area (TPSA) is 4.93 Å². The van der Waals surface area contributed by atoms with E-state index in [9.17, 15) is 0 Å². The smallest absolute Gasteiger partial charge is 0.0250 e. The molecule has 1 aliphatic carbocycles. The average molecular weight is 247 g/mol. The first-order valence-corrected chi connectivity index (χ1v) is 7.78. The first-order chi connectivity index (χ1) is 8.59. The first kappa shape index (κ1) is 13.7. The molecule has 0 radical (unpaired) electrons. The van der Waals surface area contributed by atoms with Crippen LogP contribution in [0.4, 0.5) is 0 Å². The van der Waals surface area contributed by atoms with Crippen molar-refractivity contribution in [3.63, 3.8) is 0 Å². The predicted octanol–water partition coefficient (Wildman–Crippen LogP) is 5.32. The first-order valence-electron chi connectivity index (χ1n) is 7.78. The minimum absolute atomic E-state index is 0.640. The minimum Gasteiger partial charge on any atom is -0.351 e. The highest BCUT2D eigenvalue weighted by Crippen LogP contribution is 2.30. The highest BCUT2D eigenvalue weighted by Gasteiger charge is 2.19. The Morgan fingerprint density at radius 1 is 1.06 bits per heavy atom. The van der Waals surface area contributed by atoms with E-state index in [2.05, 4.69) is 44.5 Å². The fourth-order valence-corrected chi connectivity index (χ4v) is 3.46. The van der Waals surface area contributed by atoms with E-state index in [1.54, 1.807) is 11.3 Å². The third-order valence-electron chi connectivity index (χ3n) is 4.39. The zero-order valence-corrected chi connectivity index (χ0v) is 12.6. The van der Waals surface area contributed by atoms with Gasteiger partial charge in [0.15, 0.2) is 0 Å². The van der Waals surface area contributed by atoms with Crippen molar-refractivity contribution < 1.29 is 0 Å². The Balaban J connectivity index is 2.16. The fraction of sp³-hybridized carbons (Fsp3) is 0.765. The van der Waals surface area contributed by atoms with Crippen LogP contribution in [0.5, 0.6) is 0 Å². The second kappa shape index (κ2) is 5.95. The molecule has 0 spiro atoms. The largest absolute Gasteiger partial charge is 0.351 e. The van der Waals surface area contributed by atoms with E-state index in [1.165, 1.54) is 38.6 Å². The second-order valence-corrected chi connectivity index (χ2v) is 6.62. The van der Waals surface area contributed by atoms with Crippen LogP contribution >= 0.6 is 0 Å². The van der Waals surface area contributed by atoms with Crippen LogP contribution in [0.3, 0.4) is 0 Å². The summed E-state index contributed by atoms with van der Waals surface area (Å²) in [6, 6.07) is 2.35. The van der Waals surface area contributed by atoms with Crippen LogP contribution in [0.25, 0.3) is 0 Å². The Bertz CT molecular complexity index is 367. The Hall–Kier alpha value is -0.720. The van der Waals surface area contributed by atoms with Gasteiger partial charge in [0.2, 0.25) is 0 Å². The van der Waals surface area contributed by atoms with E-state index in [4.69, 9.17) is 0 Å². The Morgan fingerprint density at radius 2 is 1.72 bits per heavy atom. The van der Waals surface area contributed by atoms with Gasteiger partial charge in [-0.05, 0) is 42.2 Å². The third kappa shape index (κ3) is 2.99. The molecule has 0 N–H and O–H groups in total. The molecule has 1 saturated carbocycles. The molecule has 1 aliphatic rings. The van der Waals surface area contributed by atoms with E-state index >= 15 is 0 Å². The quantitative estimate of drug-likeness (QED) is 0.679. The molecule has 1 aromatic heterocycles. The second-order valence-electron chi connectivity index (χ2n) is 6.62. The maximum Gasteiger partial charge on any atom is 0.0250 e. The molecule has 0 saturated heterocycles. The van der Waals surface area contributed by atoms with Gasteiger partial charge in [-0.25, -0.2) is 0 Å². The van der Waals surface area contributed by atoms with Crippen molar-refractivity contribution in [1.82, 2.24) is 4.57 Å². The van der Waals surface area contributed by atoms with Gasteiger partial charge in [-0.3, -0.25) is 0 Å². The van der Waals surface area contributed by atoms with Gasteiger partial charge >= 0.3 is 0 Å². The molecule has 0 bridgehead atoms. The Morgan fingerprint density at radius 3 is 2.28 bits per heavy atom. The molecule has 0 atom stereocenters. The zero-order chi connectivity index (χ0) is 13.1.